The van der Waals surface area contributed by atoms with Crippen molar-refractivity contribution in [2.75, 3.05) is 5.75 Å². The first-order valence-corrected chi connectivity index (χ1v) is 5.91. The highest BCUT2D eigenvalue weighted by Crippen LogP contribution is 2.38. The molecule has 0 N–H and O–H groups in total. The van der Waals surface area contributed by atoms with Crippen LogP contribution in [0.25, 0.3) is 0 Å². The van der Waals surface area contributed by atoms with Gasteiger partial charge >= 0.3 is 0 Å². The Morgan fingerprint density at radius 2 is 2.14 bits per heavy atom. The second kappa shape index (κ2) is 3.28. The van der Waals surface area contributed by atoms with Crippen LogP contribution < -0.4 is 0 Å². The Balaban J connectivity index is 2.09. The molecule has 0 radical (unpaired) electrons. The van der Waals surface area contributed by atoms with E-state index in [1.807, 2.05) is 18.0 Å². The van der Waals surface area contributed by atoms with Crippen LogP contribution in [0.15, 0.2) is 51.0 Å². The zero-order valence-corrected chi connectivity index (χ0v) is 8.68. The van der Waals surface area contributed by atoms with Gasteiger partial charge in [-0.1, -0.05) is 18.2 Å². The minimum absolute atomic E-state index is 1.01. The van der Waals surface area contributed by atoms with Crippen molar-refractivity contribution in [3.63, 3.8) is 0 Å². The minimum atomic E-state index is 1.01. The van der Waals surface area contributed by atoms with Crippen LogP contribution in [0.5, 0.6) is 0 Å². The second-order valence-corrected chi connectivity index (χ2v) is 4.65. The molecule has 3 rings (SSSR count). The van der Waals surface area contributed by atoms with Crippen molar-refractivity contribution in [1.82, 2.24) is 0 Å². The van der Waals surface area contributed by atoms with Gasteiger partial charge in [-0.3, -0.25) is 4.99 Å². The van der Waals surface area contributed by atoms with Crippen LogP contribution in [-0.4, -0.2) is 12.0 Å². The van der Waals surface area contributed by atoms with E-state index in [9.17, 15) is 0 Å². The zero-order chi connectivity index (χ0) is 9.38. The molecule has 0 saturated carbocycles. The highest BCUT2D eigenvalue weighted by Gasteiger charge is 2.19. The van der Waals surface area contributed by atoms with Crippen LogP contribution in [0.1, 0.15) is 12.8 Å². The van der Waals surface area contributed by atoms with E-state index >= 15 is 0 Å². The van der Waals surface area contributed by atoms with E-state index < -0.39 is 0 Å². The number of fused-ring (bicyclic) bond motifs is 1. The van der Waals surface area contributed by atoms with Gasteiger partial charge in [0.1, 0.15) is 0 Å². The standard InChI is InChI=1S/C12H11NS/c1-2-4-12-10(3-1)9-5-6-11(9)13-7-8-14-12/h1,3,5-7H,2,4,8H2. The number of rotatable bonds is 0. The lowest BCUT2D eigenvalue weighted by atomic mass is 9.92. The summed E-state index contributed by atoms with van der Waals surface area (Å²) in [6.45, 7) is 0. The predicted molar refractivity (Wildman–Crippen MR) is 62.5 cm³/mol. The molecule has 0 saturated heterocycles. The second-order valence-electron chi connectivity index (χ2n) is 3.53. The van der Waals surface area contributed by atoms with Crippen molar-refractivity contribution in [2.24, 2.45) is 4.99 Å². The van der Waals surface area contributed by atoms with Crippen LogP contribution in [0.3, 0.4) is 0 Å². The molecule has 0 unspecified atom stereocenters. The molecule has 1 nitrogen and oxygen atoms in total. The first kappa shape index (κ1) is 8.30. The molecule has 3 aliphatic rings. The lowest BCUT2D eigenvalue weighted by Crippen LogP contribution is -2.04. The minimum Gasteiger partial charge on any atom is -0.260 e. The molecule has 0 spiro atoms. The number of aliphatic imine (C=N–C) groups is 1. The summed E-state index contributed by atoms with van der Waals surface area (Å²) in [5.74, 6) is 1.01. The van der Waals surface area contributed by atoms with Crippen LogP contribution >= 0.6 is 11.8 Å². The number of allylic oxidation sites excluding steroid dienone is 7. The third-order valence-electron chi connectivity index (χ3n) is 2.66. The molecular weight excluding hydrogens is 190 g/mol. The van der Waals surface area contributed by atoms with E-state index in [-0.39, 0.29) is 0 Å². The molecular formula is C12H11NS. The summed E-state index contributed by atoms with van der Waals surface area (Å²) >= 11 is 1.93. The zero-order valence-electron chi connectivity index (χ0n) is 7.86. The van der Waals surface area contributed by atoms with E-state index in [0.29, 0.717) is 0 Å². The Labute approximate surface area is 88.0 Å². The molecule has 0 aromatic heterocycles. The summed E-state index contributed by atoms with van der Waals surface area (Å²) in [7, 11) is 0. The van der Waals surface area contributed by atoms with E-state index in [0.717, 1.165) is 11.4 Å². The lowest BCUT2D eigenvalue weighted by Gasteiger charge is -2.22. The molecule has 0 bridgehead atoms. The summed E-state index contributed by atoms with van der Waals surface area (Å²) in [6.07, 6.45) is 13.2. The fourth-order valence-electron chi connectivity index (χ4n) is 1.89. The SMILES string of the molecule is C1=CC2=C(CC1)SCC=NC1=C2C=C1. The van der Waals surface area contributed by atoms with Gasteiger partial charge in [0.15, 0.2) is 0 Å². The van der Waals surface area contributed by atoms with Crippen LogP contribution in [0.4, 0.5) is 0 Å². The Morgan fingerprint density at radius 1 is 1.14 bits per heavy atom. The summed E-state index contributed by atoms with van der Waals surface area (Å²) in [5, 5.41) is 0. The van der Waals surface area contributed by atoms with Gasteiger partial charge in [-0.2, -0.15) is 0 Å². The highest BCUT2D eigenvalue weighted by molar-refractivity contribution is 8.03. The van der Waals surface area contributed by atoms with Crippen LogP contribution in [0.2, 0.25) is 0 Å². The first-order chi connectivity index (χ1) is 6.95. The number of thioether (sulfide) groups is 1. The van der Waals surface area contributed by atoms with Crippen molar-refractivity contribution in [2.45, 2.75) is 12.8 Å². The Morgan fingerprint density at radius 3 is 3.00 bits per heavy atom. The molecule has 2 aliphatic carbocycles. The van der Waals surface area contributed by atoms with Gasteiger partial charge in [-0.05, 0) is 29.4 Å². The van der Waals surface area contributed by atoms with Crippen molar-refractivity contribution in [3.8, 4) is 0 Å². The summed E-state index contributed by atoms with van der Waals surface area (Å²) < 4.78 is 0. The average molecular weight is 201 g/mol. The summed E-state index contributed by atoms with van der Waals surface area (Å²) in [5.41, 5.74) is 3.90. The third-order valence-corrected chi connectivity index (χ3v) is 3.75. The summed E-state index contributed by atoms with van der Waals surface area (Å²) in [4.78, 5) is 5.96. The van der Waals surface area contributed by atoms with E-state index in [2.05, 4.69) is 29.3 Å². The average Bonchev–Trinajstić information content (AvgIpc) is 2.16. The van der Waals surface area contributed by atoms with Crippen molar-refractivity contribution in [3.05, 3.63) is 46.1 Å². The van der Waals surface area contributed by atoms with Gasteiger partial charge in [-0.15, -0.1) is 11.8 Å². The van der Waals surface area contributed by atoms with Gasteiger partial charge in [0.2, 0.25) is 0 Å². The van der Waals surface area contributed by atoms with Gasteiger partial charge in [-0.25, -0.2) is 0 Å². The lowest BCUT2D eigenvalue weighted by molar-refractivity contribution is 1.00. The normalized spacial score (nSPS) is 24.0. The molecule has 1 heterocycles. The van der Waals surface area contributed by atoms with Crippen molar-refractivity contribution < 1.29 is 0 Å². The molecule has 14 heavy (non-hydrogen) atoms. The topological polar surface area (TPSA) is 12.4 Å². The maximum atomic E-state index is 4.42. The Kier molecular flexibility index (Phi) is 1.95. The number of hydrogen-bond donors (Lipinski definition) is 0. The molecule has 0 amide bonds. The van der Waals surface area contributed by atoms with Gasteiger partial charge in [0, 0.05) is 17.5 Å². The highest BCUT2D eigenvalue weighted by atomic mass is 32.2. The Bertz CT molecular complexity index is 422. The largest absolute Gasteiger partial charge is 0.260 e. The van der Waals surface area contributed by atoms with E-state index in [1.54, 1.807) is 0 Å². The van der Waals surface area contributed by atoms with Crippen molar-refractivity contribution >= 4 is 18.0 Å². The van der Waals surface area contributed by atoms with E-state index in [4.69, 9.17) is 0 Å². The maximum absolute atomic E-state index is 4.42. The molecule has 0 atom stereocenters. The number of hydrogen-bond acceptors (Lipinski definition) is 2. The molecule has 0 aromatic carbocycles. The fraction of sp³-hybridized carbons (Fsp3) is 0.250. The monoisotopic (exact) mass is 201 g/mol. The quantitative estimate of drug-likeness (QED) is 0.586. The van der Waals surface area contributed by atoms with E-state index in [1.165, 1.54) is 28.9 Å². The fourth-order valence-corrected chi connectivity index (χ4v) is 2.83. The van der Waals surface area contributed by atoms with Crippen LogP contribution in [-0.2, 0) is 0 Å². The summed E-state index contributed by atoms with van der Waals surface area (Å²) in [6, 6.07) is 0. The molecule has 1 aliphatic heterocycles. The molecule has 0 aromatic rings. The predicted octanol–water partition coefficient (Wildman–Crippen LogP) is 3.23. The van der Waals surface area contributed by atoms with Gasteiger partial charge < -0.3 is 0 Å². The van der Waals surface area contributed by atoms with Crippen molar-refractivity contribution in [1.29, 1.82) is 0 Å². The Hall–Kier alpha value is -1.02. The maximum Gasteiger partial charge on any atom is 0.0704 e. The smallest absolute Gasteiger partial charge is 0.0704 e. The molecule has 2 heteroatoms. The van der Waals surface area contributed by atoms with Gasteiger partial charge in [0.25, 0.3) is 0 Å². The first-order valence-electron chi connectivity index (χ1n) is 4.93. The third kappa shape index (κ3) is 1.22. The van der Waals surface area contributed by atoms with Gasteiger partial charge in [0.05, 0.1) is 5.70 Å². The number of nitrogens with zero attached hydrogens (tertiary/aromatic N) is 1. The molecule has 0 fully saturated rings. The van der Waals surface area contributed by atoms with Crippen LogP contribution in [0, 0.1) is 0 Å². The molecule has 70 valence electrons.